The molecule has 2 N–H and O–H groups in total. The Hall–Kier alpha value is -3.98. The van der Waals surface area contributed by atoms with Gasteiger partial charge < -0.3 is 5.32 Å². The van der Waals surface area contributed by atoms with Crippen LogP contribution in [-0.4, -0.2) is 23.0 Å². The van der Waals surface area contributed by atoms with Crippen LogP contribution in [-0.2, 0) is 4.79 Å². The first-order valence-corrected chi connectivity index (χ1v) is 9.96. The molecule has 0 unspecified atom stereocenters. The summed E-state index contributed by atoms with van der Waals surface area (Å²) in [6, 6.07) is 20.5. The third-order valence-electron chi connectivity index (χ3n) is 3.98. The maximum absolute atomic E-state index is 12.3. The van der Waals surface area contributed by atoms with E-state index in [4.69, 9.17) is 0 Å². The quantitative estimate of drug-likeness (QED) is 0.324. The Labute approximate surface area is 182 Å². The van der Waals surface area contributed by atoms with Crippen molar-refractivity contribution >= 4 is 41.2 Å². The van der Waals surface area contributed by atoms with E-state index in [2.05, 4.69) is 15.8 Å². The third-order valence-corrected chi connectivity index (χ3v) is 5.05. The van der Waals surface area contributed by atoms with Gasteiger partial charge in [-0.3, -0.25) is 19.7 Å². The number of rotatable bonds is 7. The van der Waals surface area contributed by atoms with E-state index in [0.717, 1.165) is 4.90 Å². The highest BCUT2D eigenvalue weighted by Gasteiger charge is 2.15. The van der Waals surface area contributed by atoms with E-state index in [1.807, 2.05) is 30.3 Å². The van der Waals surface area contributed by atoms with Gasteiger partial charge in [0.2, 0.25) is 5.91 Å². The molecule has 31 heavy (non-hydrogen) atoms. The zero-order chi connectivity index (χ0) is 22.2. The highest BCUT2D eigenvalue weighted by Crippen LogP contribution is 2.34. The summed E-state index contributed by atoms with van der Waals surface area (Å²) in [6.07, 6.45) is 1.33. The van der Waals surface area contributed by atoms with Gasteiger partial charge in [0.05, 0.1) is 16.0 Å². The molecule has 0 aliphatic heterocycles. The van der Waals surface area contributed by atoms with E-state index in [9.17, 15) is 19.7 Å². The van der Waals surface area contributed by atoms with Crippen molar-refractivity contribution in [2.45, 2.75) is 16.7 Å². The van der Waals surface area contributed by atoms with Crippen LogP contribution in [0.4, 0.5) is 11.4 Å². The van der Waals surface area contributed by atoms with Crippen LogP contribution in [0.25, 0.3) is 0 Å². The summed E-state index contributed by atoms with van der Waals surface area (Å²) >= 11 is 1.30. The summed E-state index contributed by atoms with van der Waals surface area (Å²) in [5.74, 6) is -0.722. The van der Waals surface area contributed by atoms with Crippen molar-refractivity contribution < 1.29 is 14.5 Å². The average molecular weight is 434 g/mol. The summed E-state index contributed by atoms with van der Waals surface area (Å²) < 4.78 is 0. The highest BCUT2D eigenvalue weighted by atomic mass is 32.2. The SMILES string of the molecule is CC(=O)Nc1cccc(C(=O)N/N=C/c2ccc(Sc3ccccc3)c([N+](=O)[O-])c2)c1. The first-order valence-electron chi connectivity index (χ1n) is 9.15. The van der Waals surface area contributed by atoms with Crippen molar-refractivity contribution in [2.75, 3.05) is 5.32 Å². The predicted octanol–water partition coefficient (Wildman–Crippen LogP) is 4.47. The van der Waals surface area contributed by atoms with E-state index in [-0.39, 0.29) is 11.6 Å². The van der Waals surface area contributed by atoms with Crippen LogP contribution in [0.15, 0.2) is 87.7 Å². The van der Waals surface area contributed by atoms with Crippen molar-refractivity contribution in [1.82, 2.24) is 5.43 Å². The lowest BCUT2D eigenvalue weighted by Crippen LogP contribution is -2.18. The van der Waals surface area contributed by atoms with Crippen molar-refractivity contribution in [3.05, 3.63) is 94.0 Å². The van der Waals surface area contributed by atoms with Crippen LogP contribution >= 0.6 is 11.8 Å². The Morgan fingerprint density at radius 3 is 2.52 bits per heavy atom. The standard InChI is InChI=1S/C22H18N4O4S/c1-15(27)24-18-7-5-6-17(13-18)22(28)25-23-14-16-10-11-21(20(12-16)26(29)30)31-19-8-3-2-4-9-19/h2-14H,1H3,(H,24,27)(H,25,28)/b23-14+. The fourth-order valence-corrected chi connectivity index (χ4v) is 3.55. The number of amides is 2. The first-order chi connectivity index (χ1) is 14.9. The van der Waals surface area contributed by atoms with Gasteiger partial charge in [0.15, 0.2) is 0 Å². The van der Waals surface area contributed by atoms with Gasteiger partial charge in [-0.1, -0.05) is 42.1 Å². The van der Waals surface area contributed by atoms with Crippen LogP contribution in [0.5, 0.6) is 0 Å². The van der Waals surface area contributed by atoms with Gasteiger partial charge in [-0.15, -0.1) is 0 Å². The number of hydrazone groups is 1. The smallest absolute Gasteiger partial charge is 0.283 e. The minimum atomic E-state index is -0.478. The molecule has 0 spiro atoms. The fourth-order valence-electron chi connectivity index (χ4n) is 2.63. The molecule has 0 radical (unpaired) electrons. The Morgan fingerprint density at radius 1 is 1.03 bits per heavy atom. The Balaban J connectivity index is 1.70. The normalized spacial score (nSPS) is 10.6. The number of carbonyl (C=O) groups is 2. The highest BCUT2D eigenvalue weighted by molar-refractivity contribution is 7.99. The average Bonchev–Trinajstić information content (AvgIpc) is 2.75. The molecule has 0 saturated heterocycles. The number of hydrogen-bond donors (Lipinski definition) is 2. The monoisotopic (exact) mass is 434 g/mol. The van der Waals surface area contributed by atoms with Gasteiger partial charge in [0, 0.05) is 34.7 Å². The van der Waals surface area contributed by atoms with Crippen LogP contribution in [0.2, 0.25) is 0 Å². The van der Waals surface area contributed by atoms with Gasteiger partial charge in [-0.05, 0) is 36.4 Å². The first kappa shape index (κ1) is 21.7. The van der Waals surface area contributed by atoms with E-state index in [1.54, 1.807) is 30.3 Å². The molecule has 0 aliphatic carbocycles. The van der Waals surface area contributed by atoms with Crippen molar-refractivity contribution in [2.24, 2.45) is 5.10 Å². The molecule has 0 heterocycles. The lowest BCUT2D eigenvalue weighted by Gasteiger charge is -2.05. The molecule has 156 valence electrons. The summed E-state index contributed by atoms with van der Waals surface area (Å²) in [6.45, 7) is 1.37. The Morgan fingerprint density at radius 2 is 1.81 bits per heavy atom. The minimum absolute atomic E-state index is 0.0489. The summed E-state index contributed by atoms with van der Waals surface area (Å²) in [5, 5.41) is 18.0. The zero-order valence-electron chi connectivity index (χ0n) is 16.4. The van der Waals surface area contributed by atoms with Gasteiger partial charge in [-0.2, -0.15) is 5.10 Å². The zero-order valence-corrected chi connectivity index (χ0v) is 17.3. The number of nitro benzene ring substituents is 1. The summed E-state index contributed by atoms with van der Waals surface area (Å²) in [5.41, 5.74) is 3.59. The van der Waals surface area contributed by atoms with Crippen LogP contribution in [0.1, 0.15) is 22.8 Å². The van der Waals surface area contributed by atoms with Gasteiger partial charge in [0.25, 0.3) is 11.6 Å². The molecule has 0 aliphatic rings. The number of carbonyl (C=O) groups excluding carboxylic acids is 2. The molecule has 0 atom stereocenters. The maximum atomic E-state index is 12.3. The fraction of sp³-hybridized carbons (Fsp3) is 0.0455. The second kappa shape index (κ2) is 10.2. The van der Waals surface area contributed by atoms with Crippen molar-refractivity contribution in [1.29, 1.82) is 0 Å². The number of benzene rings is 3. The van der Waals surface area contributed by atoms with Crippen LogP contribution in [0, 0.1) is 10.1 Å². The Bertz CT molecular complexity index is 1150. The topological polar surface area (TPSA) is 114 Å². The molecule has 3 rings (SSSR count). The summed E-state index contributed by atoms with van der Waals surface area (Å²) in [7, 11) is 0. The molecule has 9 heteroatoms. The van der Waals surface area contributed by atoms with Gasteiger partial charge in [-0.25, -0.2) is 5.43 Å². The molecule has 3 aromatic carbocycles. The van der Waals surface area contributed by atoms with Gasteiger partial charge >= 0.3 is 0 Å². The minimum Gasteiger partial charge on any atom is -0.326 e. The number of nitrogens with one attached hydrogen (secondary N) is 2. The molecule has 0 fully saturated rings. The van der Waals surface area contributed by atoms with E-state index in [0.29, 0.717) is 21.7 Å². The second-order valence-corrected chi connectivity index (χ2v) is 7.48. The second-order valence-electron chi connectivity index (χ2n) is 6.36. The lowest BCUT2D eigenvalue weighted by molar-refractivity contribution is -0.387. The van der Waals surface area contributed by atoms with Crippen LogP contribution < -0.4 is 10.7 Å². The van der Waals surface area contributed by atoms with Crippen molar-refractivity contribution in [3.8, 4) is 0 Å². The molecule has 0 bridgehead atoms. The third kappa shape index (κ3) is 6.25. The molecular formula is C22H18N4O4S. The predicted molar refractivity (Wildman–Crippen MR) is 119 cm³/mol. The number of nitrogens with zero attached hydrogens (tertiary/aromatic N) is 2. The molecule has 2 amide bonds. The molecule has 8 nitrogen and oxygen atoms in total. The number of hydrogen-bond acceptors (Lipinski definition) is 6. The van der Waals surface area contributed by atoms with E-state index in [1.165, 1.54) is 37.0 Å². The number of nitro groups is 1. The van der Waals surface area contributed by atoms with Crippen LogP contribution in [0.3, 0.4) is 0 Å². The largest absolute Gasteiger partial charge is 0.326 e. The van der Waals surface area contributed by atoms with E-state index < -0.39 is 10.8 Å². The summed E-state index contributed by atoms with van der Waals surface area (Å²) in [4.78, 5) is 35.8. The molecule has 3 aromatic rings. The Kier molecular flexibility index (Phi) is 7.13. The molecule has 0 aromatic heterocycles. The maximum Gasteiger partial charge on any atom is 0.283 e. The van der Waals surface area contributed by atoms with Crippen molar-refractivity contribution in [3.63, 3.8) is 0 Å². The molecule has 0 saturated carbocycles. The lowest BCUT2D eigenvalue weighted by atomic mass is 10.2. The molecular weight excluding hydrogens is 416 g/mol. The van der Waals surface area contributed by atoms with E-state index >= 15 is 0 Å². The van der Waals surface area contributed by atoms with Gasteiger partial charge in [0.1, 0.15) is 0 Å². The number of anilines is 1.